The van der Waals surface area contributed by atoms with Crippen LogP contribution < -0.4 is 5.32 Å². The smallest absolute Gasteiger partial charge is 0.138 e. The second kappa shape index (κ2) is 5.27. The summed E-state index contributed by atoms with van der Waals surface area (Å²) in [6, 6.07) is 2.68. The summed E-state index contributed by atoms with van der Waals surface area (Å²) in [7, 11) is 0. The zero-order valence-electron chi connectivity index (χ0n) is 11.9. The zero-order chi connectivity index (χ0) is 14.2. The van der Waals surface area contributed by atoms with Crippen molar-refractivity contribution < 1.29 is 0 Å². The molecule has 4 nitrogen and oxygen atoms in total. The van der Waals surface area contributed by atoms with Crippen molar-refractivity contribution in [3.05, 3.63) is 16.8 Å². The van der Waals surface area contributed by atoms with E-state index >= 15 is 0 Å². The van der Waals surface area contributed by atoms with Gasteiger partial charge in [-0.2, -0.15) is 5.26 Å². The van der Waals surface area contributed by atoms with Crippen molar-refractivity contribution in [2.45, 2.75) is 51.0 Å². The Morgan fingerprint density at radius 1 is 1.19 bits per heavy atom. The van der Waals surface area contributed by atoms with Gasteiger partial charge in [0.05, 0.1) is 17.4 Å². The Balaban J connectivity index is 1.75. The first-order valence-corrected chi connectivity index (χ1v) is 8.60. The highest BCUT2D eigenvalue weighted by Crippen LogP contribution is 2.39. The number of anilines is 1. The van der Waals surface area contributed by atoms with Gasteiger partial charge >= 0.3 is 0 Å². The summed E-state index contributed by atoms with van der Waals surface area (Å²) in [5, 5.41) is 14.0. The van der Waals surface area contributed by atoms with E-state index in [0.29, 0.717) is 0 Å². The monoisotopic (exact) mass is 298 g/mol. The Morgan fingerprint density at radius 2 is 2.10 bits per heavy atom. The number of nitriles is 1. The van der Waals surface area contributed by atoms with E-state index in [0.717, 1.165) is 36.3 Å². The van der Waals surface area contributed by atoms with Crippen molar-refractivity contribution in [3.63, 3.8) is 0 Å². The van der Waals surface area contributed by atoms with Crippen LogP contribution in [0.4, 0.5) is 5.82 Å². The minimum atomic E-state index is 0.115. The molecule has 2 heterocycles. The molecular formula is C16H18N4S. The van der Waals surface area contributed by atoms with Crippen molar-refractivity contribution in [1.82, 2.24) is 9.97 Å². The number of thiophene rings is 1. The van der Waals surface area contributed by atoms with Gasteiger partial charge in [-0.3, -0.25) is 0 Å². The quantitative estimate of drug-likeness (QED) is 0.918. The molecule has 1 N–H and O–H groups in total. The SMILES string of the molecule is N#CC1CCCC1Nc1ncnc2sc3c(c12)CCCC3. The maximum absolute atomic E-state index is 9.26. The molecule has 0 bridgehead atoms. The molecule has 0 amide bonds. The second-order valence-electron chi connectivity index (χ2n) is 6.03. The molecule has 1 fully saturated rings. The van der Waals surface area contributed by atoms with Crippen LogP contribution in [0, 0.1) is 17.2 Å². The van der Waals surface area contributed by atoms with E-state index in [9.17, 15) is 5.26 Å². The fourth-order valence-corrected chi connectivity index (χ4v) is 4.89. The van der Waals surface area contributed by atoms with E-state index in [4.69, 9.17) is 0 Å². The van der Waals surface area contributed by atoms with Gasteiger partial charge < -0.3 is 5.32 Å². The average molecular weight is 298 g/mol. The van der Waals surface area contributed by atoms with Crippen LogP contribution >= 0.6 is 11.3 Å². The standard InChI is InChI=1S/C16H18N4S/c17-8-10-4-3-6-12(10)20-15-14-11-5-1-2-7-13(11)21-16(14)19-9-18-15/h9-10,12H,1-7H2,(H,18,19,20). The normalized spacial score (nSPS) is 24.7. The van der Waals surface area contributed by atoms with Gasteiger partial charge in [0.2, 0.25) is 0 Å². The third kappa shape index (κ3) is 2.18. The second-order valence-corrected chi connectivity index (χ2v) is 7.11. The number of aromatic nitrogens is 2. The van der Waals surface area contributed by atoms with E-state index < -0.39 is 0 Å². The summed E-state index contributed by atoms with van der Waals surface area (Å²) < 4.78 is 0. The molecule has 0 aromatic carbocycles. The largest absolute Gasteiger partial charge is 0.365 e. The minimum absolute atomic E-state index is 0.115. The van der Waals surface area contributed by atoms with Gasteiger partial charge in [-0.15, -0.1) is 11.3 Å². The Bertz CT molecular complexity index is 715. The number of nitrogens with one attached hydrogen (secondary N) is 1. The molecule has 2 aromatic heterocycles. The maximum Gasteiger partial charge on any atom is 0.138 e. The van der Waals surface area contributed by atoms with E-state index in [1.54, 1.807) is 6.33 Å². The number of fused-ring (bicyclic) bond motifs is 3. The van der Waals surface area contributed by atoms with Crippen LogP contribution in [-0.2, 0) is 12.8 Å². The van der Waals surface area contributed by atoms with Crippen LogP contribution in [0.3, 0.4) is 0 Å². The fourth-order valence-electron chi connectivity index (χ4n) is 3.66. The molecule has 1 saturated carbocycles. The van der Waals surface area contributed by atoms with E-state index in [2.05, 4.69) is 21.4 Å². The summed E-state index contributed by atoms with van der Waals surface area (Å²) >= 11 is 1.82. The lowest BCUT2D eigenvalue weighted by atomic mass is 9.97. The Labute approximate surface area is 128 Å². The number of hydrogen-bond acceptors (Lipinski definition) is 5. The molecule has 21 heavy (non-hydrogen) atoms. The highest BCUT2D eigenvalue weighted by atomic mass is 32.1. The van der Waals surface area contributed by atoms with Gasteiger partial charge in [-0.05, 0) is 50.5 Å². The van der Waals surface area contributed by atoms with Gasteiger partial charge in [-0.1, -0.05) is 0 Å². The molecule has 0 aliphatic heterocycles. The van der Waals surface area contributed by atoms with E-state index in [1.807, 2.05) is 11.3 Å². The molecule has 4 rings (SSSR count). The lowest BCUT2D eigenvalue weighted by molar-refractivity contribution is 0.628. The summed E-state index contributed by atoms with van der Waals surface area (Å²) in [6.45, 7) is 0. The molecule has 0 radical (unpaired) electrons. The molecule has 2 atom stereocenters. The Hall–Kier alpha value is -1.67. The van der Waals surface area contributed by atoms with Gasteiger partial charge in [0.15, 0.2) is 0 Å². The van der Waals surface area contributed by atoms with Crippen LogP contribution in [0.2, 0.25) is 0 Å². The van der Waals surface area contributed by atoms with Crippen LogP contribution in [0.1, 0.15) is 42.5 Å². The van der Waals surface area contributed by atoms with Gasteiger partial charge in [0.25, 0.3) is 0 Å². The third-order valence-electron chi connectivity index (χ3n) is 4.76. The van der Waals surface area contributed by atoms with Gasteiger partial charge in [0.1, 0.15) is 17.0 Å². The highest BCUT2D eigenvalue weighted by molar-refractivity contribution is 7.19. The number of nitrogens with zero attached hydrogens (tertiary/aromatic N) is 3. The predicted octanol–water partition coefficient (Wildman–Crippen LogP) is 3.67. The summed E-state index contributed by atoms with van der Waals surface area (Å²) in [5.74, 6) is 1.07. The van der Waals surface area contributed by atoms with E-state index in [-0.39, 0.29) is 12.0 Å². The molecule has 0 saturated heterocycles. The van der Waals surface area contributed by atoms with Gasteiger partial charge in [-0.25, -0.2) is 9.97 Å². The Morgan fingerprint density at radius 3 is 3.00 bits per heavy atom. The van der Waals surface area contributed by atoms with Crippen molar-refractivity contribution in [2.24, 2.45) is 5.92 Å². The van der Waals surface area contributed by atoms with Crippen LogP contribution in [0.15, 0.2) is 6.33 Å². The fraction of sp³-hybridized carbons (Fsp3) is 0.562. The maximum atomic E-state index is 9.26. The Kier molecular flexibility index (Phi) is 3.27. The molecule has 2 aromatic rings. The van der Waals surface area contributed by atoms with Crippen LogP contribution in [0.25, 0.3) is 10.2 Å². The predicted molar refractivity (Wildman–Crippen MR) is 84.4 cm³/mol. The molecule has 108 valence electrons. The van der Waals surface area contributed by atoms with Crippen molar-refractivity contribution in [2.75, 3.05) is 5.32 Å². The minimum Gasteiger partial charge on any atom is -0.365 e. The first-order chi connectivity index (χ1) is 10.4. The van der Waals surface area contributed by atoms with Crippen molar-refractivity contribution in [1.29, 1.82) is 5.26 Å². The van der Waals surface area contributed by atoms with Crippen molar-refractivity contribution >= 4 is 27.4 Å². The average Bonchev–Trinajstić information content (AvgIpc) is 3.11. The molecule has 0 spiro atoms. The van der Waals surface area contributed by atoms with Gasteiger partial charge in [0, 0.05) is 10.9 Å². The molecule has 5 heteroatoms. The van der Waals surface area contributed by atoms with Crippen LogP contribution in [-0.4, -0.2) is 16.0 Å². The van der Waals surface area contributed by atoms with Crippen LogP contribution in [0.5, 0.6) is 0 Å². The summed E-state index contributed by atoms with van der Waals surface area (Å²) in [4.78, 5) is 11.5. The lowest BCUT2D eigenvalue weighted by Crippen LogP contribution is -2.23. The molecule has 2 unspecified atom stereocenters. The molecule has 2 aliphatic rings. The molecule has 2 aliphatic carbocycles. The first-order valence-electron chi connectivity index (χ1n) is 7.78. The summed E-state index contributed by atoms with van der Waals surface area (Å²) in [5.41, 5.74) is 1.45. The van der Waals surface area contributed by atoms with E-state index in [1.165, 1.54) is 35.1 Å². The number of aryl methyl sites for hydroxylation is 2. The van der Waals surface area contributed by atoms with Crippen molar-refractivity contribution in [3.8, 4) is 6.07 Å². The zero-order valence-corrected chi connectivity index (χ0v) is 12.7. The summed E-state index contributed by atoms with van der Waals surface area (Å²) in [6.07, 6.45) is 9.73. The highest BCUT2D eigenvalue weighted by Gasteiger charge is 2.28. The third-order valence-corrected chi connectivity index (χ3v) is 5.96. The number of hydrogen-bond donors (Lipinski definition) is 1. The molecular weight excluding hydrogens is 280 g/mol. The topological polar surface area (TPSA) is 61.6 Å². The number of rotatable bonds is 2. The lowest BCUT2D eigenvalue weighted by Gasteiger charge is -2.18. The first kappa shape index (κ1) is 13.0.